The Kier molecular flexibility index (Phi) is 6.26. The van der Waals surface area contributed by atoms with Gasteiger partial charge in [-0.1, -0.05) is 36.4 Å². The molecule has 5 rings (SSSR count). The molecular weight excluding hydrogens is 414 g/mol. The molecule has 3 aromatic carbocycles. The van der Waals surface area contributed by atoms with E-state index in [-0.39, 0.29) is 17.9 Å². The molecule has 6 nitrogen and oxygen atoms in total. The highest BCUT2D eigenvalue weighted by Gasteiger charge is 2.22. The predicted molar refractivity (Wildman–Crippen MR) is 131 cm³/mol. The van der Waals surface area contributed by atoms with Gasteiger partial charge in [-0.3, -0.25) is 9.59 Å². The normalized spacial score (nSPS) is 17.9. The largest absolute Gasteiger partial charge is 0.376 e. The van der Waals surface area contributed by atoms with Crippen LogP contribution < -0.4 is 15.5 Å². The number of hydrogen-bond donors (Lipinski definition) is 2. The maximum absolute atomic E-state index is 13.2. The highest BCUT2D eigenvalue weighted by Crippen LogP contribution is 2.28. The maximum Gasteiger partial charge on any atom is 0.256 e. The Hall–Kier alpha value is -3.38. The molecule has 2 aliphatic rings. The minimum Gasteiger partial charge on any atom is -0.376 e. The molecule has 3 aromatic rings. The number of hydrogen-bond acceptors (Lipinski definition) is 4. The third-order valence-corrected chi connectivity index (χ3v) is 6.49. The summed E-state index contributed by atoms with van der Waals surface area (Å²) in [6.07, 6.45) is 4.33. The second-order valence-electron chi connectivity index (χ2n) is 8.75. The van der Waals surface area contributed by atoms with Gasteiger partial charge in [0, 0.05) is 43.2 Å². The van der Waals surface area contributed by atoms with E-state index in [4.69, 9.17) is 4.74 Å². The first-order chi connectivity index (χ1) is 16.2. The number of nitrogens with zero attached hydrogens (tertiary/aromatic N) is 1. The lowest BCUT2D eigenvalue weighted by molar-refractivity contribution is 0.0858. The summed E-state index contributed by atoms with van der Waals surface area (Å²) >= 11 is 0. The van der Waals surface area contributed by atoms with Crippen LogP contribution in [-0.4, -0.2) is 44.2 Å². The molecule has 2 N–H and O–H groups in total. The van der Waals surface area contributed by atoms with Crippen LogP contribution in [0.2, 0.25) is 0 Å². The number of rotatable bonds is 6. The summed E-state index contributed by atoms with van der Waals surface area (Å²) in [6, 6.07) is 19.2. The van der Waals surface area contributed by atoms with Crippen molar-refractivity contribution in [2.45, 2.75) is 31.8 Å². The van der Waals surface area contributed by atoms with Gasteiger partial charge in [-0.15, -0.1) is 0 Å². The molecule has 170 valence electrons. The Morgan fingerprint density at radius 2 is 1.73 bits per heavy atom. The maximum atomic E-state index is 13.2. The van der Waals surface area contributed by atoms with E-state index in [1.807, 2.05) is 54.6 Å². The zero-order chi connectivity index (χ0) is 22.6. The fourth-order valence-corrected chi connectivity index (χ4v) is 4.76. The summed E-state index contributed by atoms with van der Waals surface area (Å²) < 4.78 is 5.65. The molecule has 0 aromatic heterocycles. The summed E-state index contributed by atoms with van der Waals surface area (Å²) in [7, 11) is 0. The molecule has 0 saturated carbocycles. The van der Waals surface area contributed by atoms with Crippen molar-refractivity contribution in [2.75, 3.05) is 36.5 Å². The summed E-state index contributed by atoms with van der Waals surface area (Å²) in [6.45, 7) is 3.14. The Morgan fingerprint density at radius 1 is 0.909 bits per heavy atom. The number of amides is 2. The lowest BCUT2D eigenvalue weighted by atomic mass is 10.0. The van der Waals surface area contributed by atoms with Crippen molar-refractivity contribution in [1.29, 1.82) is 0 Å². The highest BCUT2D eigenvalue weighted by atomic mass is 16.5. The predicted octanol–water partition coefficient (Wildman–Crippen LogP) is 4.60. The van der Waals surface area contributed by atoms with Crippen molar-refractivity contribution in [1.82, 2.24) is 5.32 Å². The van der Waals surface area contributed by atoms with Crippen LogP contribution in [0.5, 0.6) is 0 Å². The molecule has 33 heavy (non-hydrogen) atoms. The molecule has 2 amide bonds. The van der Waals surface area contributed by atoms with Gasteiger partial charge >= 0.3 is 0 Å². The molecule has 0 bridgehead atoms. The summed E-state index contributed by atoms with van der Waals surface area (Å²) in [5.41, 5.74) is 2.73. The number of nitrogens with one attached hydrogen (secondary N) is 2. The molecule has 2 heterocycles. The Bertz CT molecular complexity index is 1160. The van der Waals surface area contributed by atoms with Crippen LogP contribution in [0.15, 0.2) is 60.7 Å². The van der Waals surface area contributed by atoms with Gasteiger partial charge in [0.05, 0.1) is 11.7 Å². The van der Waals surface area contributed by atoms with E-state index in [1.165, 1.54) is 0 Å². The summed E-state index contributed by atoms with van der Waals surface area (Å²) in [5.74, 6) is -0.319. The van der Waals surface area contributed by atoms with Crippen LogP contribution in [0.3, 0.4) is 0 Å². The molecule has 0 spiro atoms. The average molecular weight is 444 g/mol. The van der Waals surface area contributed by atoms with Crippen molar-refractivity contribution < 1.29 is 14.3 Å². The van der Waals surface area contributed by atoms with Gasteiger partial charge in [0.1, 0.15) is 0 Å². The number of ether oxygens (including phenoxy) is 1. The van der Waals surface area contributed by atoms with Gasteiger partial charge in [-0.05, 0) is 60.7 Å². The molecule has 1 atom stereocenters. The zero-order valence-corrected chi connectivity index (χ0v) is 18.7. The first-order valence-corrected chi connectivity index (χ1v) is 11.8. The van der Waals surface area contributed by atoms with Gasteiger partial charge in [-0.2, -0.15) is 0 Å². The van der Waals surface area contributed by atoms with Crippen LogP contribution >= 0.6 is 0 Å². The lowest BCUT2D eigenvalue weighted by Crippen LogP contribution is -2.33. The highest BCUT2D eigenvalue weighted by molar-refractivity contribution is 6.13. The second kappa shape index (κ2) is 9.63. The van der Waals surface area contributed by atoms with Crippen LogP contribution in [-0.2, 0) is 4.74 Å². The molecule has 1 unspecified atom stereocenters. The third-order valence-electron chi connectivity index (χ3n) is 6.49. The number of benzene rings is 3. The van der Waals surface area contributed by atoms with Crippen molar-refractivity contribution in [3.63, 3.8) is 0 Å². The van der Waals surface area contributed by atoms with Gasteiger partial charge < -0.3 is 20.3 Å². The topological polar surface area (TPSA) is 70.7 Å². The Morgan fingerprint density at radius 3 is 2.55 bits per heavy atom. The third kappa shape index (κ3) is 4.71. The fraction of sp³-hybridized carbons (Fsp3) is 0.333. The van der Waals surface area contributed by atoms with E-state index in [2.05, 4.69) is 15.5 Å². The molecular formula is C27H29N3O3. The van der Waals surface area contributed by atoms with Gasteiger partial charge in [-0.25, -0.2) is 0 Å². The van der Waals surface area contributed by atoms with E-state index in [0.717, 1.165) is 61.8 Å². The Labute approximate surface area is 193 Å². The average Bonchev–Trinajstić information content (AvgIpc) is 3.57. The van der Waals surface area contributed by atoms with Crippen LogP contribution in [0.1, 0.15) is 46.4 Å². The molecule has 6 heteroatoms. The minimum absolute atomic E-state index is 0.0819. The van der Waals surface area contributed by atoms with Crippen molar-refractivity contribution in [3.05, 3.63) is 71.8 Å². The second-order valence-corrected chi connectivity index (χ2v) is 8.75. The molecule has 2 saturated heterocycles. The van der Waals surface area contributed by atoms with Crippen molar-refractivity contribution >= 4 is 34.0 Å². The van der Waals surface area contributed by atoms with E-state index < -0.39 is 0 Å². The number of carbonyl (C=O) groups is 2. The molecule has 0 radical (unpaired) electrons. The van der Waals surface area contributed by atoms with Crippen molar-refractivity contribution in [3.8, 4) is 0 Å². The van der Waals surface area contributed by atoms with Gasteiger partial charge in [0.25, 0.3) is 11.8 Å². The molecule has 2 aliphatic heterocycles. The minimum atomic E-state index is -0.188. The van der Waals surface area contributed by atoms with Crippen LogP contribution in [0, 0.1) is 0 Å². The zero-order valence-electron chi connectivity index (χ0n) is 18.7. The quantitative estimate of drug-likeness (QED) is 0.584. The number of fused-ring (bicyclic) bond motifs is 1. The van der Waals surface area contributed by atoms with Gasteiger partial charge in [0.2, 0.25) is 0 Å². The number of anilines is 2. The van der Waals surface area contributed by atoms with E-state index in [1.54, 1.807) is 6.07 Å². The fourth-order valence-electron chi connectivity index (χ4n) is 4.76. The Balaban J connectivity index is 1.39. The van der Waals surface area contributed by atoms with Gasteiger partial charge in [0.15, 0.2) is 0 Å². The van der Waals surface area contributed by atoms with E-state index in [9.17, 15) is 9.59 Å². The van der Waals surface area contributed by atoms with Crippen LogP contribution in [0.25, 0.3) is 10.8 Å². The summed E-state index contributed by atoms with van der Waals surface area (Å²) in [5, 5.41) is 7.96. The smallest absolute Gasteiger partial charge is 0.256 e. The summed E-state index contributed by atoms with van der Waals surface area (Å²) in [4.78, 5) is 28.5. The number of carbonyl (C=O) groups excluding carboxylic acids is 2. The SMILES string of the molecule is O=C(NCC1CCCO1)c1cc(NC(=O)c2cccc3ccccc23)ccc1N1CCCC1. The lowest BCUT2D eigenvalue weighted by Gasteiger charge is -2.22. The molecule has 0 aliphatic carbocycles. The van der Waals surface area contributed by atoms with Crippen molar-refractivity contribution in [2.24, 2.45) is 0 Å². The van der Waals surface area contributed by atoms with Crippen LogP contribution in [0.4, 0.5) is 11.4 Å². The van der Waals surface area contributed by atoms with E-state index in [0.29, 0.717) is 23.4 Å². The first-order valence-electron chi connectivity index (χ1n) is 11.8. The van der Waals surface area contributed by atoms with E-state index >= 15 is 0 Å². The standard InChI is InChI=1S/C27H29N3O3/c31-26(28-18-21-9-6-16-33-21)24-17-20(12-13-25(24)30-14-3-4-15-30)29-27(32)23-11-5-8-19-7-1-2-10-22(19)23/h1-2,5,7-8,10-13,17,21H,3-4,6,9,14-16,18H2,(H,28,31)(H,29,32). The molecule has 2 fully saturated rings. The first kappa shape index (κ1) is 21.5. The monoisotopic (exact) mass is 443 g/mol.